The molecule has 1 atom stereocenters. The van der Waals surface area contributed by atoms with Gasteiger partial charge in [-0.3, -0.25) is 4.79 Å². The molecular formula is C9H16N2O2. The first kappa shape index (κ1) is 8.97. The van der Waals surface area contributed by atoms with Crippen LogP contribution < -0.4 is 5.73 Å². The molecule has 74 valence electrons. The fraction of sp³-hybridized carbons (Fsp3) is 0.889. The molecule has 0 unspecified atom stereocenters. The van der Waals surface area contributed by atoms with Gasteiger partial charge in [0.25, 0.3) is 0 Å². The summed E-state index contributed by atoms with van der Waals surface area (Å²) in [4.78, 5) is 13.4. The second-order valence-corrected chi connectivity index (χ2v) is 4.29. The van der Waals surface area contributed by atoms with Crippen molar-refractivity contribution in [1.29, 1.82) is 0 Å². The second kappa shape index (κ2) is 2.96. The maximum Gasteiger partial charge on any atom is 0.239 e. The summed E-state index contributed by atoms with van der Waals surface area (Å²) in [5.74, 6) is 0.0729. The van der Waals surface area contributed by atoms with Crippen molar-refractivity contribution in [3.8, 4) is 0 Å². The molecule has 0 aromatic heterocycles. The number of amides is 1. The topological polar surface area (TPSA) is 55.6 Å². The van der Waals surface area contributed by atoms with E-state index in [1.165, 1.54) is 0 Å². The van der Waals surface area contributed by atoms with Crippen molar-refractivity contribution < 1.29 is 9.53 Å². The van der Waals surface area contributed by atoms with Gasteiger partial charge in [0.15, 0.2) is 0 Å². The van der Waals surface area contributed by atoms with Crippen LogP contribution in [0.15, 0.2) is 0 Å². The molecular weight excluding hydrogens is 168 g/mol. The van der Waals surface area contributed by atoms with Crippen molar-refractivity contribution in [3.63, 3.8) is 0 Å². The summed E-state index contributed by atoms with van der Waals surface area (Å²) in [5.41, 5.74) is 5.82. The Morgan fingerprint density at radius 1 is 1.62 bits per heavy atom. The molecule has 2 fully saturated rings. The van der Waals surface area contributed by atoms with E-state index >= 15 is 0 Å². The molecule has 4 heteroatoms. The van der Waals surface area contributed by atoms with Gasteiger partial charge < -0.3 is 15.4 Å². The quantitative estimate of drug-likeness (QED) is 0.602. The van der Waals surface area contributed by atoms with Gasteiger partial charge in [0.1, 0.15) is 0 Å². The molecule has 0 saturated carbocycles. The van der Waals surface area contributed by atoms with E-state index in [1.54, 1.807) is 6.92 Å². The summed E-state index contributed by atoms with van der Waals surface area (Å²) < 4.78 is 5.18. The Morgan fingerprint density at radius 2 is 2.31 bits per heavy atom. The summed E-state index contributed by atoms with van der Waals surface area (Å²) in [6.07, 6.45) is 1.07. The monoisotopic (exact) mass is 184 g/mol. The van der Waals surface area contributed by atoms with Gasteiger partial charge in [-0.25, -0.2) is 0 Å². The Kier molecular flexibility index (Phi) is 2.04. The number of likely N-dealkylation sites (tertiary alicyclic amines) is 1. The Labute approximate surface area is 78.0 Å². The average Bonchev–Trinajstić information content (AvgIpc) is 2.45. The van der Waals surface area contributed by atoms with E-state index in [2.05, 4.69) is 0 Å². The first-order valence-corrected chi connectivity index (χ1v) is 4.75. The van der Waals surface area contributed by atoms with Crippen molar-refractivity contribution in [2.75, 3.05) is 26.3 Å². The molecule has 2 heterocycles. The van der Waals surface area contributed by atoms with E-state index < -0.39 is 0 Å². The van der Waals surface area contributed by atoms with Crippen LogP contribution in [0.25, 0.3) is 0 Å². The zero-order valence-electron chi connectivity index (χ0n) is 7.95. The Hall–Kier alpha value is -0.610. The SMILES string of the molecule is C[C@@H](N)C(=O)N1CCC2(COC2)C1. The van der Waals surface area contributed by atoms with Crippen LogP contribution >= 0.6 is 0 Å². The van der Waals surface area contributed by atoms with Gasteiger partial charge >= 0.3 is 0 Å². The number of nitrogens with two attached hydrogens (primary N) is 1. The zero-order chi connectivity index (χ0) is 9.47. The van der Waals surface area contributed by atoms with Crippen LogP contribution in [-0.2, 0) is 9.53 Å². The first-order valence-electron chi connectivity index (χ1n) is 4.75. The van der Waals surface area contributed by atoms with Crippen molar-refractivity contribution in [1.82, 2.24) is 4.90 Å². The average molecular weight is 184 g/mol. The minimum absolute atomic E-state index is 0.0729. The molecule has 13 heavy (non-hydrogen) atoms. The van der Waals surface area contributed by atoms with Crippen molar-refractivity contribution in [2.45, 2.75) is 19.4 Å². The third-order valence-corrected chi connectivity index (χ3v) is 2.96. The van der Waals surface area contributed by atoms with Gasteiger partial charge in [0, 0.05) is 18.5 Å². The van der Waals surface area contributed by atoms with Crippen LogP contribution in [0, 0.1) is 5.41 Å². The van der Waals surface area contributed by atoms with E-state index in [0.29, 0.717) is 0 Å². The molecule has 0 aliphatic carbocycles. The van der Waals surface area contributed by atoms with Crippen molar-refractivity contribution >= 4 is 5.91 Å². The van der Waals surface area contributed by atoms with Gasteiger partial charge in [-0.05, 0) is 13.3 Å². The van der Waals surface area contributed by atoms with Crippen LogP contribution in [0.5, 0.6) is 0 Å². The number of rotatable bonds is 1. The molecule has 4 nitrogen and oxygen atoms in total. The smallest absolute Gasteiger partial charge is 0.239 e. The molecule has 0 aromatic carbocycles. The fourth-order valence-electron chi connectivity index (χ4n) is 2.04. The summed E-state index contributed by atoms with van der Waals surface area (Å²) in [6.45, 7) is 5.06. The summed E-state index contributed by atoms with van der Waals surface area (Å²) in [7, 11) is 0. The van der Waals surface area contributed by atoms with Gasteiger partial charge in [0.05, 0.1) is 19.3 Å². The lowest BCUT2D eigenvalue weighted by Gasteiger charge is -2.37. The number of ether oxygens (including phenoxy) is 1. The number of carbonyl (C=O) groups excluding carboxylic acids is 1. The Balaban J connectivity index is 1.94. The summed E-state index contributed by atoms with van der Waals surface area (Å²) in [6, 6.07) is -0.365. The fourth-order valence-corrected chi connectivity index (χ4v) is 2.04. The summed E-state index contributed by atoms with van der Waals surface area (Å²) >= 11 is 0. The van der Waals surface area contributed by atoms with Crippen LogP contribution in [-0.4, -0.2) is 43.2 Å². The van der Waals surface area contributed by atoms with Crippen LogP contribution in [0.4, 0.5) is 0 Å². The van der Waals surface area contributed by atoms with Crippen LogP contribution in [0.2, 0.25) is 0 Å². The third kappa shape index (κ3) is 1.44. The largest absolute Gasteiger partial charge is 0.380 e. The highest BCUT2D eigenvalue weighted by atomic mass is 16.5. The van der Waals surface area contributed by atoms with E-state index in [4.69, 9.17) is 10.5 Å². The molecule has 1 amide bonds. The second-order valence-electron chi connectivity index (χ2n) is 4.29. The lowest BCUT2D eigenvalue weighted by atomic mass is 9.85. The van der Waals surface area contributed by atoms with E-state index in [-0.39, 0.29) is 17.4 Å². The predicted molar refractivity (Wildman–Crippen MR) is 48.1 cm³/mol. The molecule has 2 N–H and O–H groups in total. The highest BCUT2D eigenvalue weighted by molar-refractivity contribution is 5.81. The first-order chi connectivity index (χ1) is 6.13. The molecule has 2 aliphatic rings. The molecule has 2 saturated heterocycles. The summed E-state index contributed by atoms with van der Waals surface area (Å²) in [5, 5.41) is 0. The highest BCUT2D eigenvalue weighted by Gasteiger charge is 2.45. The van der Waals surface area contributed by atoms with Crippen LogP contribution in [0.1, 0.15) is 13.3 Å². The maximum atomic E-state index is 11.5. The lowest BCUT2D eigenvalue weighted by molar-refractivity contribution is -0.135. The van der Waals surface area contributed by atoms with Gasteiger partial charge in [-0.1, -0.05) is 0 Å². The number of nitrogens with zero attached hydrogens (tertiary/aromatic N) is 1. The standard InChI is InChI=1S/C9H16N2O2/c1-7(10)8(12)11-3-2-9(4-11)5-13-6-9/h7H,2-6,10H2,1H3/t7-/m1/s1. The highest BCUT2D eigenvalue weighted by Crippen LogP contribution is 2.37. The number of hydrogen-bond donors (Lipinski definition) is 1. The van der Waals surface area contributed by atoms with E-state index in [9.17, 15) is 4.79 Å². The minimum atomic E-state index is -0.365. The number of carbonyl (C=O) groups is 1. The molecule has 0 aromatic rings. The molecule has 0 bridgehead atoms. The van der Waals surface area contributed by atoms with Gasteiger partial charge in [-0.2, -0.15) is 0 Å². The maximum absolute atomic E-state index is 11.5. The predicted octanol–water partition coefficient (Wildman–Crippen LogP) is -0.417. The molecule has 2 aliphatic heterocycles. The minimum Gasteiger partial charge on any atom is -0.380 e. The van der Waals surface area contributed by atoms with E-state index in [0.717, 1.165) is 32.7 Å². The molecule has 1 spiro atoms. The molecule has 0 radical (unpaired) electrons. The Bertz CT molecular complexity index is 224. The van der Waals surface area contributed by atoms with Gasteiger partial charge in [-0.15, -0.1) is 0 Å². The Morgan fingerprint density at radius 3 is 2.69 bits per heavy atom. The third-order valence-electron chi connectivity index (χ3n) is 2.96. The molecule has 2 rings (SSSR count). The lowest BCUT2D eigenvalue weighted by Crippen LogP contribution is -2.47. The number of hydrogen-bond acceptors (Lipinski definition) is 3. The van der Waals surface area contributed by atoms with Gasteiger partial charge in [0.2, 0.25) is 5.91 Å². The van der Waals surface area contributed by atoms with Crippen molar-refractivity contribution in [2.24, 2.45) is 11.1 Å². The van der Waals surface area contributed by atoms with Crippen LogP contribution in [0.3, 0.4) is 0 Å². The zero-order valence-corrected chi connectivity index (χ0v) is 7.95. The van der Waals surface area contributed by atoms with Crippen molar-refractivity contribution in [3.05, 3.63) is 0 Å². The van der Waals surface area contributed by atoms with E-state index in [1.807, 2.05) is 4.90 Å². The normalized spacial score (nSPS) is 27.4.